The molecule has 1 aliphatic rings. The van der Waals surface area contributed by atoms with Gasteiger partial charge in [-0.05, 0) is 19.1 Å². The molecule has 0 bridgehead atoms. The Morgan fingerprint density at radius 3 is 2.57 bits per heavy atom. The van der Waals surface area contributed by atoms with Crippen molar-refractivity contribution in [3.05, 3.63) is 57.8 Å². The van der Waals surface area contributed by atoms with Crippen LogP contribution in [0.4, 0.5) is 0 Å². The quantitative estimate of drug-likeness (QED) is 0.854. The predicted octanol–water partition coefficient (Wildman–Crippen LogP) is 1.79. The van der Waals surface area contributed by atoms with Gasteiger partial charge in [0.15, 0.2) is 0 Å². The summed E-state index contributed by atoms with van der Waals surface area (Å²) >= 11 is 1.80. The Labute approximate surface area is 130 Å². The molecule has 1 saturated heterocycles. The molecule has 1 N–H and O–H groups in total. The number of hydrogen-bond donors (Lipinski definition) is 1. The molecule has 0 radical (unpaired) electrons. The maximum atomic E-state index is 4.61. The van der Waals surface area contributed by atoms with Gasteiger partial charge in [-0.3, -0.25) is 5.01 Å². The summed E-state index contributed by atoms with van der Waals surface area (Å²) in [5.41, 5.74) is 1.43. The minimum absolute atomic E-state index is 1.04. The number of thiophene rings is 1. The lowest BCUT2D eigenvalue weighted by atomic mass is 10.2. The molecule has 0 amide bonds. The van der Waals surface area contributed by atoms with E-state index in [-0.39, 0.29) is 0 Å². The van der Waals surface area contributed by atoms with Crippen LogP contribution in [0, 0.1) is 6.92 Å². The maximum Gasteiger partial charge on any atom is 0.103 e. The number of hydrogen-bond acceptors (Lipinski definition) is 3. The van der Waals surface area contributed by atoms with Crippen LogP contribution >= 0.6 is 11.3 Å². The summed E-state index contributed by atoms with van der Waals surface area (Å²) in [6.45, 7) is 7.67. The zero-order chi connectivity index (χ0) is 14.5. The molecule has 0 unspecified atom stereocenters. The Kier molecular flexibility index (Phi) is 4.68. The monoisotopic (exact) mass is 300 g/mol. The second-order valence-electron chi connectivity index (χ2n) is 5.56. The van der Waals surface area contributed by atoms with Crippen molar-refractivity contribution in [3.8, 4) is 0 Å². The Hall–Kier alpha value is -1.65. The van der Waals surface area contributed by atoms with Crippen LogP contribution in [0.2, 0.25) is 0 Å². The predicted molar refractivity (Wildman–Crippen MR) is 89.1 cm³/mol. The third-order valence-corrected chi connectivity index (χ3v) is 4.79. The maximum absolute atomic E-state index is 4.61. The fourth-order valence-corrected chi connectivity index (χ4v) is 3.39. The van der Waals surface area contributed by atoms with Crippen molar-refractivity contribution in [2.75, 3.05) is 26.2 Å². The Bertz CT molecular complexity index is 583. The largest absolute Gasteiger partial charge is 0.328 e. The molecular weight excluding hydrogens is 278 g/mol. The molecule has 0 atom stereocenters. The standard InChI is InChI=1S/C17H21N3S/c1-15-7-8-17(21-15)13-18-20-11-9-19(10-12-20)14-16-5-3-2-4-6-16/h2-8,13H,9-12,14H2,1H3/p+1. The molecule has 110 valence electrons. The zero-order valence-electron chi connectivity index (χ0n) is 12.5. The summed E-state index contributed by atoms with van der Waals surface area (Å²) in [7, 11) is 0. The molecule has 1 fully saturated rings. The van der Waals surface area contributed by atoms with E-state index in [9.17, 15) is 0 Å². The second kappa shape index (κ2) is 6.87. The molecule has 1 aliphatic heterocycles. The SMILES string of the molecule is Cc1ccc(C=NN2CC[NH+](Cc3ccccc3)CC2)s1. The van der Waals surface area contributed by atoms with Gasteiger partial charge in [0.2, 0.25) is 0 Å². The van der Waals surface area contributed by atoms with Crippen molar-refractivity contribution in [1.29, 1.82) is 0 Å². The molecule has 2 aromatic rings. The lowest BCUT2D eigenvalue weighted by Gasteiger charge is -2.30. The molecule has 2 heterocycles. The molecular formula is C17H22N3S+. The van der Waals surface area contributed by atoms with Crippen LogP contribution in [0.3, 0.4) is 0 Å². The Morgan fingerprint density at radius 2 is 1.90 bits per heavy atom. The van der Waals surface area contributed by atoms with E-state index < -0.39 is 0 Å². The lowest BCUT2D eigenvalue weighted by Crippen LogP contribution is -3.13. The summed E-state index contributed by atoms with van der Waals surface area (Å²) in [6.07, 6.45) is 2.00. The van der Waals surface area contributed by atoms with Crippen molar-refractivity contribution in [2.24, 2.45) is 5.10 Å². The molecule has 0 spiro atoms. The molecule has 0 aliphatic carbocycles. The number of hydrazone groups is 1. The summed E-state index contributed by atoms with van der Waals surface area (Å²) in [4.78, 5) is 4.24. The first-order valence-corrected chi connectivity index (χ1v) is 8.34. The third-order valence-electron chi connectivity index (χ3n) is 3.85. The van der Waals surface area contributed by atoms with E-state index in [1.807, 2.05) is 6.21 Å². The van der Waals surface area contributed by atoms with Crippen molar-refractivity contribution in [1.82, 2.24) is 5.01 Å². The average molecular weight is 300 g/mol. The van der Waals surface area contributed by atoms with Crippen LogP contribution in [-0.2, 0) is 6.54 Å². The average Bonchev–Trinajstić information content (AvgIpc) is 2.93. The molecule has 3 nitrogen and oxygen atoms in total. The Balaban J connectivity index is 1.48. The first kappa shape index (κ1) is 14.3. The molecule has 3 rings (SSSR count). The normalized spacial score (nSPS) is 16.7. The minimum Gasteiger partial charge on any atom is -0.328 e. The molecule has 1 aromatic heterocycles. The summed E-state index contributed by atoms with van der Waals surface area (Å²) in [6, 6.07) is 15.1. The second-order valence-corrected chi connectivity index (χ2v) is 6.88. The van der Waals surface area contributed by atoms with E-state index in [1.54, 1.807) is 16.2 Å². The number of rotatable bonds is 4. The van der Waals surface area contributed by atoms with Crippen molar-refractivity contribution in [3.63, 3.8) is 0 Å². The lowest BCUT2D eigenvalue weighted by molar-refractivity contribution is -0.918. The van der Waals surface area contributed by atoms with Gasteiger partial charge < -0.3 is 4.90 Å². The van der Waals surface area contributed by atoms with Gasteiger partial charge in [0.05, 0.1) is 32.4 Å². The molecule has 21 heavy (non-hydrogen) atoms. The highest BCUT2D eigenvalue weighted by Gasteiger charge is 2.18. The van der Waals surface area contributed by atoms with Crippen molar-refractivity contribution in [2.45, 2.75) is 13.5 Å². The molecule has 4 heteroatoms. The van der Waals surface area contributed by atoms with Crippen LogP contribution in [0.1, 0.15) is 15.3 Å². The van der Waals surface area contributed by atoms with Crippen LogP contribution in [0.15, 0.2) is 47.6 Å². The van der Waals surface area contributed by atoms with Gasteiger partial charge in [-0.1, -0.05) is 30.3 Å². The van der Waals surface area contributed by atoms with E-state index in [2.05, 4.69) is 59.5 Å². The van der Waals surface area contributed by atoms with Gasteiger partial charge in [-0.25, -0.2) is 0 Å². The van der Waals surface area contributed by atoms with Crippen LogP contribution in [-0.4, -0.2) is 37.4 Å². The van der Waals surface area contributed by atoms with Crippen LogP contribution < -0.4 is 4.90 Å². The van der Waals surface area contributed by atoms with Crippen LogP contribution in [0.5, 0.6) is 0 Å². The zero-order valence-corrected chi connectivity index (χ0v) is 13.3. The highest BCUT2D eigenvalue weighted by atomic mass is 32.1. The fraction of sp³-hybridized carbons (Fsp3) is 0.353. The Morgan fingerprint density at radius 1 is 1.14 bits per heavy atom. The van der Waals surface area contributed by atoms with E-state index in [4.69, 9.17) is 0 Å². The number of piperazine rings is 1. The van der Waals surface area contributed by atoms with Gasteiger partial charge in [-0.15, -0.1) is 11.3 Å². The highest BCUT2D eigenvalue weighted by molar-refractivity contribution is 7.13. The summed E-state index contributed by atoms with van der Waals surface area (Å²) in [5.74, 6) is 0. The van der Waals surface area contributed by atoms with Gasteiger partial charge in [0.1, 0.15) is 6.54 Å². The van der Waals surface area contributed by atoms with E-state index in [1.165, 1.54) is 15.3 Å². The van der Waals surface area contributed by atoms with Crippen molar-refractivity contribution >= 4 is 17.6 Å². The first-order valence-electron chi connectivity index (χ1n) is 7.52. The molecule has 1 aromatic carbocycles. The highest BCUT2D eigenvalue weighted by Crippen LogP contribution is 2.12. The van der Waals surface area contributed by atoms with E-state index in [0.29, 0.717) is 0 Å². The number of quaternary nitrogens is 1. The molecule has 0 saturated carbocycles. The van der Waals surface area contributed by atoms with Gasteiger partial charge in [0, 0.05) is 15.3 Å². The number of nitrogens with one attached hydrogen (secondary N) is 1. The first-order chi connectivity index (χ1) is 10.3. The fourth-order valence-electron chi connectivity index (χ4n) is 2.65. The summed E-state index contributed by atoms with van der Waals surface area (Å²) < 4.78 is 0. The van der Waals surface area contributed by atoms with Gasteiger partial charge in [0.25, 0.3) is 0 Å². The topological polar surface area (TPSA) is 20.0 Å². The number of aryl methyl sites for hydroxylation is 1. The van der Waals surface area contributed by atoms with Crippen molar-refractivity contribution < 1.29 is 4.90 Å². The summed E-state index contributed by atoms with van der Waals surface area (Å²) in [5, 5.41) is 6.81. The smallest absolute Gasteiger partial charge is 0.103 e. The minimum atomic E-state index is 1.04. The number of nitrogens with zero attached hydrogens (tertiary/aromatic N) is 2. The van der Waals surface area contributed by atoms with Crippen LogP contribution in [0.25, 0.3) is 0 Å². The van der Waals surface area contributed by atoms with E-state index >= 15 is 0 Å². The van der Waals surface area contributed by atoms with Gasteiger partial charge in [-0.2, -0.15) is 5.10 Å². The third kappa shape index (κ3) is 4.16. The number of benzene rings is 1. The van der Waals surface area contributed by atoms with E-state index in [0.717, 1.165) is 32.7 Å². The van der Waals surface area contributed by atoms with Gasteiger partial charge >= 0.3 is 0 Å².